The Morgan fingerprint density at radius 1 is 1.37 bits per heavy atom. The smallest absolute Gasteiger partial charge is 0.0449 e. The van der Waals surface area contributed by atoms with Crippen LogP contribution in [0, 0.1) is 6.92 Å². The fourth-order valence-corrected chi connectivity index (χ4v) is 2.89. The minimum absolute atomic E-state index is 0. The van der Waals surface area contributed by atoms with Gasteiger partial charge in [-0.2, -0.15) is 0 Å². The van der Waals surface area contributed by atoms with Gasteiger partial charge in [0.05, 0.1) is 0 Å². The topological polar surface area (TPSA) is 35.5 Å². The molecule has 0 amide bonds. The Morgan fingerprint density at radius 3 is 2.63 bits per heavy atom. The fraction of sp³-hybridized carbons (Fsp3) is 0.571. The number of halogens is 2. The average molecular weight is 305 g/mol. The lowest BCUT2D eigenvalue weighted by Crippen LogP contribution is -2.45. The molecule has 2 rings (SSSR count). The molecule has 0 saturated carbocycles. The molecule has 0 aliphatic carbocycles. The molecule has 1 heterocycles. The Bertz CT molecular complexity index is 395. The number of piperazine rings is 1. The van der Waals surface area contributed by atoms with Gasteiger partial charge in [-0.1, -0.05) is 17.7 Å². The van der Waals surface area contributed by atoms with Gasteiger partial charge in [0.15, 0.2) is 0 Å². The third-order valence-corrected chi connectivity index (χ3v) is 3.82. The standard InChI is InChI=1S/C14H21ClN2O.ClH/c1-11-10-12(15)2-3-13(11)14(4-9-18)17-7-5-16-6-8-17;/h2-3,10,14,16,18H,4-9H2,1H3;1H/t14-;/m0./s1. The average Bonchev–Trinajstić information content (AvgIpc) is 2.38. The molecule has 19 heavy (non-hydrogen) atoms. The third kappa shape index (κ3) is 4.33. The van der Waals surface area contributed by atoms with Crippen LogP contribution in [0.4, 0.5) is 0 Å². The van der Waals surface area contributed by atoms with Crippen molar-refractivity contribution in [3.8, 4) is 0 Å². The lowest BCUT2D eigenvalue weighted by molar-refractivity contribution is 0.140. The van der Waals surface area contributed by atoms with Gasteiger partial charge in [0.25, 0.3) is 0 Å². The summed E-state index contributed by atoms with van der Waals surface area (Å²) >= 11 is 6.01. The second kappa shape index (κ2) is 8.08. The maximum absolute atomic E-state index is 9.31. The zero-order valence-electron chi connectivity index (χ0n) is 11.2. The molecule has 108 valence electrons. The molecule has 0 spiro atoms. The molecule has 3 nitrogen and oxygen atoms in total. The summed E-state index contributed by atoms with van der Waals surface area (Å²) < 4.78 is 0. The van der Waals surface area contributed by atoms with Gasteiger partial charge in [-0.3, -0.25) is 4.90 Å². The van der Waals surface area contributed by atoms with Crippen LogP contribution in [-0.4, -0.2) is 42.8 Å². The number of aliphatic hydroxyl groups excluding tert-OH is 1. The van der Waals surface area contributed by atoms with Crippen LogP contribution in [0.5, 0.6) is 0 Å². The van der Waals surface area contributed by atoms with Crippen molar-refractivity contribution in [3.05, 3.63) is 34.3 Å². The minimum atomic E-state index is 0. The Morgan fingerprint density at radius 2 is 2.05 bits per heavy atom. The van der Waals surface area contributed by atoms with E-state index in [0.717, 1.165) is 37.6 Å². The van der Waals surface area contributed by atoms with Crippen molar-refractivity contribution < 1.29 is 5.11 Å². The van der Waals surface area contributed by atoms with E-state index >= 15 is 0 Å². The molecular formula is C14H22Cl2N2O. The van der Waals surface area contributed by atoms with Crippen LogP contribution >= 0.6 is 24.0 Å². The van der Waals surface area contributed by atoms with Crippen molar-refractivity contribution in [2.24, 2.45) is 0 Å². The molecule has 0 bridgehead atoms. The zero-order chi connectivity index (χ0) is 13.0. The Balaban J connectivity index is 0.00000180. The molecule has 5 heteroatoms. The first kappa shape index (κ1) is 16.7. The molecule has 1 atom stereocenters. The number of benzene rings is 1. The summed E-state index contributed by atoms with van der Waals surface area (Å²) in [6, 6.07) is 6.34. The van der Waals surface area contributed by atoms with Gasteiger partial charge in [-0.25, -0.2) is 0 Å². The van der Waals surface area contributed by atoms with Gasteiger partial charge in [0, 0.05) is 43.9 Å². The molecule has 0 unspecified atom stereocenters. The Kier molecular flexibility index (Phi) is 7.11. The lowest BCUT2D eigenvalue weighted by Gasteiger charge is -2.35. The summed E-state index contributed by atoms with van der Waals surface area (Å²) in [6.07, 6.45) is 0.780. The normalized spacial score (nSPS) is 17.8. The molecule has 0 radical (unpaired) electrons. The highest BCUT2D eigenvalue weighted by Gasteiger charge is 2.22. The number of nitrogens with one attached hydrogen (secondary N) is 1. The number of hydrogen-bond donors (Lipinski definition) is 2. The summed E-state index contributed by atoms with van der Waals surface area (Å²) in [5.41, 5.74) is 2.50. The Hall–Kier alpha value is -0.320. The van der Waals surface area contributed by atoms with Crippen LogP contribution in [0.15, 0.2) is 18.2 Å². The maximum Gasteiger partial charge on any atom is 0.0449 e. The number of hydrogen-bond acceptors (Lipinski definition) is 3. The quantitative estimate of drug-likeness (QED) is 0.896. The van der Waals surface area contributed by atoms with Gasteiger partial charge < -0.3 is 10.4 Å². The van der Waals surface area contributed by atoms with E-state index in [2.05, 4.69) is 23.2 Å². The van der Waals surface area contributed by atoms with E-state index in [0.29, 0.717) is 6.04 Å². The molecule has 1 saturated heterocycles. The summed E-state index contributed by atoms with van der Waals surface area (Å²) in [5, 5.41) is 13.4. The van der Waals surface area contributed by atoms with Crippen LogP contribution in [0.1, 0.15) is 23.6 Å². The van der Waals surface area contributed by atoms with Gasteiger partial charge >= 0.3 is 0 Å². The van der Waals surface area contributed by atoms with Crippen LogP contribution in [0.3, 0.4) is 0 Å². The van der Waals surface area contributed by atoms with E-state index in [9.17, 15) is 5.11 Å². The molecule has 1 aliphatic rings. The lowest BCUT2D eigenvalue weighted by atomic mass is 9.97. The van der Waals surface area contributed by atoms with Gasteiger partial charge in [0.2, 0.25) is 0 Å². The highest BCUT2D eigenvalue weighted by atomic mass is 35.5. The first-order chi connectivity index (χ1) is 8.72. The number of aliphatic hydroxyl groups is 1. The predicted molar refractivity (Wildman–Crippen MR) is 82.3 cm³/mol. The van der Waals surface area contributed by atoms with E-state index in [1.165, 1.54) is 11.1 Å². The van der Waals surface area contributed by atoms with Gasteiger partial charge in [-0.15, -0.1) is 12.4 Å². The maximum atomic E-state index is 9.31. The molecule has 1 aliphatic heterocycles. The van der Waals surface area contributed by atoms with Gasteiger partial charge in [0.1, 0.15) is 0 Å². The summed E-state index contributed by atoms with van der Waals surface area (Å²) in [7, 11) is 0. The second-order valence-corrected chi connectivity index (χ2v) is 5.25. The van der Waals surface area contributed by atoms with E-state index in [-0.39, 0.29) is 19.0 Å². The van der Waals surface area contributed by atoms with E-state index in [1.54, 1.807) is 0 Å². The third-order valence-electron chi connectivity index (χ3n) is 3.59. The highest BCUT2D eigenvalue weighted by molar-refractivity contribution is 6.30. The molecular weight excluding hydrogens is 283 g/mol. The summed E-state index contributed by atoms with van der Waals surface area (Å²) in [5.74, 6) is 0. The van der Waals surface area contributed by atoms with E-state index in [1.807, 2.05) is 12.1 Å². The molecule has 0 aromatic heterocycles. The van der Waals surface area contributed by atoms with E-state index < -0.39 is 0 Å². The van der Waals surface area contributed by atoms with Crippen molar-refractivity contribution in [2.75, 3.05) is 32.8 Å². The zero-order valence-corrected chi connectivity index (χ0v) is 12.8. The number of nitrogens with zero attached hydrogens (tertiary/aromatic N) is 1. The fourth-order valence-electron chi connectivity index (χ4n) is 2.66. The van der Waals surface area contributed by atoms with Crippen molar-refractivity contribution in [1.29, 1.82) is 0 Å². The second-order valence-electron chi connectivity index (χ2n) is 4.81. The van der Waals surface area contributed by atoms with Crippen molar-refractivity contribution in [2.45, 2.75) is 19.4 Å². The highest BCUT2D eigenvalue weighted by Crippen LogP contribution is 2.28. The molecule has 1 aromatic rings. The van der Waals surface area contributed by atoms with Crippen LogP contribution in [-0.2, 0) is 0 Å². The van der Waals surface area contributed by atoms with E-state index in [4.69, 9.17) is 11.6 Å². The molecule has 1 aromatic carbocycles. The van der Waals surface area contributed by atoms with Crippen molar-refractivity contribution in [3.63, 3.8) is 0 Å². The summed E-state index contributed by atoms with van der Waals surface area (Å²) in [6.45, 7) is 6.42. The largest absolute Gasteiger partial charge is 0.396 e. The number of rotatable bonds is 4. The van der Waals surface area contributed by atoms with Crippen molar-refractivity contribution in [1.82, 2.24) is 10.2 Å². The van der Waals surface area contributed by atoms with Gasteiger partial charge in [-0.05, 0) is 36.6 Å². The Labute approximate surface area is 126 Å². The van der Waals surface area contributed by atoms with Crippen LogP contribution in [0.2, 0.25) is 5.02 Å². The predicted octanol–water partition coefficient (Wildman–Crippen LogP) is 2.40. The monoisotopic (exact) mass is 304 g/mol. The molecule has 1 fully saturated rings. The van der Waals surface area contributed by atoms with Crippen molar-refractivity contribution >= 4 is 24.0 Å². The molecule has 2 N–H and O–H groups in total. The van der Waals surface area contributed by atoms with Crippen LogP contribution < -0.4 is 5.32 Å². The summed E-state index contributed by atoms with van der Waals surface area (Å²) in [4.78, 5) is 2.45. The minimum Gasteiger partial charge on any atom is -0.396 e. The first-order valence-electron chi connectivity index (χ1n) is 6.54. The number of aryl methyl sites for hydroxylation is 1. The first-order valence-corrected chi connectivity index (χ1v) is 6.92. The van der Waals surface area contributed by atoms with Crippen LogP contribution in [0.25, 0.3) is 0 Å². The SMILES string of the molecule is Cc1cc(Cl)ccc1[C@H](CCO)N1CCNCC1.Cl.